The minimum Gasteiger partial charge on any atom is -0.211 e. The van der Waals surface area contributed by atoms with Gasteiger partial charge in [0.05, 0.1) is 3.79 Å². The first-order valence-electron chi connectivity index (χ1n) is 4.90. The van der Waals surface area contributed by atoms with E-state index in [1.54, 1.807) is 12.1 Å². The third kappa shape index (κ3) is 2.51. The van der Waals surface area contributed by atoms with Crippen molar-refractivity contribution in [2.75, 3.05) is 6.54 Å². The number of sulfonamides is 1. The van der Waals surface area contributed by atoms with Crippen LogP contribution in [0.15, 0.2) is 25.1 Å². The fraction of sp³-hybridized carbons (Fsp3) is 0.444. The Kier molecular flexibility index (Phi) is 3.79. The first-order valence-corrected chi connectivity index (χ1v) is 7.95. The zero-order valence-electron chi connectivity index (χ0n) is 8.67. The molecule has 92 valence electrons. The first-order chi connectivity index (χ1) is 8.05. The van der Waals surface area contributed by atoms with Gasteiger partial charge in [-0.05, 0) is 40.9 Å². The van der Waals surface area contributed by atoms with Crippen LogP contribution in [0.4, 0.5) is 0 Å². The molecule has 0 spiro atoms. The van der Waals surface area contributed by atoms with Crippen LogP contribution in [0.5, 0.6) is 0 Å². The number of rotatable bonds is 3. The molecule has 0 N–H and O–H groups in total. The fourth-order valence-electron chi connectivity index (χ4n) is 1.74. The Morgan fingerprint density at radius 1 is 1.53 bits per heavy atom. The van der Waals surface area contributed by atoms with Crippen LogP contribution >= 0.6 is 27.3 Å². The number of nitrogens with zero attached hydrogens (tertiary/aromatic N) is 2. The van der Waals surface area contributed by atoms with Crippen molar-refractivity contribution in [1.82, 2.24) is 4.31 Å². The summed E-state index contributed by atoms with van der Waals surface area (Å²) in [6, 6.07) is 3.23. The molecule has 0 aromatic carbocycles. The van der Waals surface area contributed by atoms with Gasteiger partial charge in [-0.15, -0.1) is 11.3 Å². The molecule has 1 saturated heterocycles. The van der Waals surface area contributed by atoms with E-state index >= 15 is 0 Å². The predicted octanol–water partition coefficient (Wildman–Crippen LogP) is 1.96. The Balaban J connectivity index is 2.35. The van der Waals surface area contributed by atoms with Gasteiger partial charge in [0.15, 0.2) is 0 Å². The van der Waals surface area contributed by atoms with Crippen molar-refractivity contribution < 1.29 is 13.2 Å². The highest BCUT2D eigenvalue weighted by atomic mass is 79.9. The molecule has 0 amide bonds. The highest BCUT2D eigenvalue weighted by molar-refractivity contribution is 9.11. The largest absolute Gasteiger partial charge is 0.254 e. The van der Waals surface area contributed by atoms with Gasteiger partial charge in [0.25, 0.3) is 10.0 Å². The molecule has 1 fully saturated rings. The van der Waals surface area contributed by atoms with E-state index in [2.05, 4.69) is 20.9 Å². The molecule has 2 rings (SSSR count). The number of isocyanates is 1. The van der Waals surface area contributed by atoms with Crippen molar-refractivity contribution in [3.8, 4) is 0 Å². The molecule has 1 aromatic rings. The molecule has 1 aromatic heterocycles. The summed E-state index contributed by atoms with van der Waals surface area (Å²) < 4.78 is 26.8. The van der Waals surface area contributed by atoms with Gasteiger partial charge in [-0.3, -0.25) is 0 Å². The average molecular weight is 337 g/mol. The summed E-state index contributed by atoms with van der Waals surface area (Å²) in [6.07, 6.45) is 2.11. The lowest BCUT2D eigenvalue weighted by Gasteiger charge is -2.18. The zero-order valence-corrected chi connectivity index (χ0v) is 11.9. The summed E-state index contributed by atoms with van der Waals surface area (Å²) in [7, 11) is -3.54. The van der Waals surface area contributed by atoms with Crippen LogP contribution in [-0.4, -0.2) is 31.5 Å². The zero-order chi connectivity index (χ0) is 12.5. The molecular weight excluding hydrogens is 328 g/mol. The van der Waals surface area contributed by atoms with Crippen LogP contribution in [0.3, 0.4) is 0 Å². The Morgan fingerprint density at radius 3 is 2.88 bits per heavy atom. The molecule has 0 saturated carbocycles. The Morgan fingerprint density at radius 2 is 2.29 bits per heavy atom. The molecular formula is C9H9BrN2O3S2. The molecule has 2 heterocycles. The molecule has 0 aliphatic carbocycles. The summed E-state index contributed by atoms with van der Waals surface area (Å²) in [5.41, 5.74) is 0. The van der Waals surface area contributed by atoms with Crippen molar-refractivity contribution in [2.24, 2.45) is 4.99 Å². The van der Waals surface area contributed by atoms with Gasteiger partial charge in [-0.25, -0.2) is 13.2 Å². The normalized spacial score (nSPS) is 21.4. The van der Waals surface area contributed by atoms with E-state index < -0.39 is 16.2 Å². The molecule has 8 heteroatoms. The highest BCUT2D eigenvalue weighted by Crippen LogP contribution is 2.32. The lowest BCUT2D eigenvalue weighted by atomic mass is 10.3. The van der Waals surface area contributed by atoms with Crippen LogP contribution in [-0.2, 0) is 14.8 Å². The number of hydrogen-bond acceptors (Lipinski definition) is 5. The second-order valence-electron chi connectivity index (χ2n) is 3.52. The Labute approximate surface area is 111 Å². The smallest absolute Gasteiger partial charge is 0.211 e. The van der Waals surface area contributed by atoms with Gasteiger partial charge in [0.2, 0.25) is 6.08 Å². The topological polar surface area (TPSA) is 66.8 Å². The SMILES string of the molecule is O=C=NC1CCCN1S(=O)(=O)c1ccc(Br)s1. The molecule has 1 atom stereocenters. The Hall–Kier alpha value is -0.530. The minimum atomic E-state index is -3.54. The van der Waals surface area contributed by atoms with Gasteiger partial charge in [-0.2, -0.15) is 9.30 Å². The van der Waals surface area contributed by atoms with Crippen molar-refractivity contribution in [2.45, 2.75) is 23.2 Å². The van der Waals surface area contributed by atoms with E-state index in [0.29, 0.717) is 19.4 Å². The summed E-state index contributed by atoms with van der Waals surface area (Å²) in [4.78, 5) is 13.8. The van der Waals surface area contributed by atoms with E-state index in [9.17, 15) is 13.2 Å². The maximum Gasteiger partial charge on any atom is 0.254 e. The second kappa shape index (κ2) is 4.99. The molecule has 0 radical (unpaired) electrons. The van der Waals surface area contributed by atoms with Gasteiger partial charge in [-0.1, -0.05) is 0 Å². The van der Waals surface area contributed by atoms with Crippen LogP contribution < -0.4 is 0 Å². The molecule has 5 nitrogen and oxygen atoms in total. The van der Waals surface area contributed by atoms with E-state index in [0.717, 1.165) is 15.1 Å². The summed E-state index contributed by atoms with van der Waals surface area (Å²) in [5, 5.41) is 0. The van der Waals surface area contributed by atoms with Gasteiger partial charge < -0.3 is 0 Å². The van der Waals surface area contributed by atoms with Crippen molar-refractivity contribution in [1.29, 1.82) is 0 Å². The van der Waals surface area contributed by atoms with Crippen molar-refractivity contribution >= 4 is 43.4 Å². The fourth-order valence-corrected chi connectivity index (χ4v) is 5.48. The lowest BCUT2D eigenvalue weighted by Crippen LogP contribution is -2.33. The standard InChI is InChI=1S/C9H9BrN2O3S2/c10-7-3-4-9(16-7)17(14,15)12-5-1-2-8(12)11-6-13/h3-4,8H,1-2,5H2. The average Bonchev–Trinajstić information content (AvgIpc) is 2.87. The van der Waals surface area contributed by atoms with E-state index in [1.165, 1.54) is 10.4 Å². The minimum absolute atomic E-state index is 0.261. The summed E-state index contributed by atoms with van der Waals surface area (Å²) in [6.45, 7) is 0.397. The van der Waals surface area contributed by atoms with Gasteiger partial charge >= 0.3 is 0 Å². The summed E-state index contributed by atoms with van der Waals surface area (Å²) in [5.74, 6) is 0. The number of hydrogen-bond donors (Lipinski definition) is 0. The van der Waals surface area contributed by atoms with Gasteiger partial charge in [0, 0.05) is 6.54 Å². The Bertz CT molecular complexity index is 563. The van der Waals surface area contributed by atoms with E-state index in [1.807, 2.05) is 0 Å². The highest BCUT2D eigenvalue weighted by Gasteiger charge is 2.36. The summed E-state index contributed by atoms with van der Waals surface area (Å²) >= 11 is 4.38. The van der Waals surface area contributed by atoms with Gasteiger partial charge in [0.1, 0.15) is 10.4 Å². The molecule has 17 heavy (non-hydrogen) atoms. The molecule has 1 aliphatic heterocycles. The molecule has 0 bridgehead atoms. The maximum absolute atomic E-state index is 12.3. The van der Waals surface area contributed by atoms with Crippen molar-refractivity contribution in [3.63, 3.8) is 0 Å². The van der Waals surface area contributed by atoms with Crippen LogP contribution in [0.2, 0.25) is 0 Å². The second-order valence-corrected chi connectivity index (χ2v) is 8.10. The third-order valence-electron chi connectivity index (χ3n) is 2.49. The van der Waals surface area contributed by atoms with Crippen LogP contribution in [0.25, 0.3) is 0 Å². The number of halogens is 1. The molecule has 1 unspecified atom stereocenters. The maximum atomic E-state index is 12.3. The monoisotopic (exact) mass is 336 g/mol. The van der Waals surface area contributed by atoms with E-state index in [4.69, 9.17) is 0 Å². The quantitative estimate of drug-likeness (QED) is 0.625. The number of carbonyl (C=O) groups excluding carboxylic acids is 1. The van der Waals surface area contributed by atoms with Crippen LogP contribution in [0.1, 0.15) is 12.8 Å². The lowest BCUT2D eigenvalue weighted by molar-refractivity contribution is 0.397. The number of aliphatic imine (C=N–C) groups is 1. The third-order valence-corrected chi connectivity index (χ3v) is 6.47. The molecule has 1 aliphatic rings. The number of thiophene rings is 1. The van der Waals surface area contributed by atoms with Crippen molar-refractivity contribution in [3.05, 3.63) is 15.9 Å². The first kappa shape index (κ1) is 12.9. The van der Waals surface area contributed by atoms with E-state index in [-0.39, 0.29) is 4.21 Å². The van der Waals surface area contributed by atoms with Crippen LogP contribution in [0, 0.1) is 0 Å². The predicted molar refractivity (Wildman–Crippen MR) is 67.1 cm³/mol.